The monoisotopic (exact) mass is 170 g/mol. The molecule has 0 unspecified atom stereocenters. The molecule has 0 radical (unpaired) electrons. The van der Waals surface area contributed by atoms with Crippen molar-refractivity contribution >= 4 is 5.90 Å². The van der Waals surface area contributed by atoms with Crippen LogP contribution in [0.25, 0.3) is 0 Å². The molecule has 0 saturated heterocycles. The highest BCUT2D eigenvalue weighted by Crippen LogP contribution is 2.23. The Labute approximate surface area is 75.2 Å². The average Bonchev–Trinajstić information content (AvgIpc) is 1.96. The van der Waals surface area contributed by atoms with Crippen molar-refractivity contribution < 1.29 is 9.31 Å². The Balaban J connectivity index is 2.94. The average molecular weight is 170 g/mol. The summed E-state index contributed by atoms with van der Waals surface area (Å²) in [4.78, 5) is 0. The second-order valence-electron chi connectivity index (χ2n) is 4.25. The second-order valence-corrected chi connectivity index (χ2v) is 4.25. The van der Waals surface area contributed by atoms with E-state index in [0.29, 0.717) is 6.10 Å². The molecule has 12 heavy (non-hydrogen) atoms. The third-order valence-corrected chi connectivity index (χ3v) is 2.71. The number of hydrogen-bond donors (Lipinski definition) is 0. The van der Waals surface area contributed by atoms with Gasteiger partial charge in [-0.25, -0.2) is 4.58 Å². The molecule has 1 heterocycles. The van der Waals surface area contributed by atoms with Crippen molar-refractivity contribution in [1.29, 1.82) is 0 Å². The summed E-state index contributed by atoms with van der Waals surface area (Å²) >= 11 is 0. The van der Waals surface area contributed by atoms with Gasteiger partial charge >= 0.3 is 5.90 Å². The third kappa shape index (κ3) is 1.62. The Morgan fingerprint density at radius 3 is 2.67 bits per heavy atom. The van der Waals surface area contributed by atoms with E-state index in [1.807, 2.05) is 0 Å². The van der Waals surface area contributed by atoms with Gasteiger partial charge in [-0.1, -0.05) is 6.92 Å². The van der Waals surface area contributed by atoms with Crippen LogP contribution in [0.5, 0.6) is 0 Å². The first-order valence-corrected chi connectivity index (χ1v) is 4.73. The van der Waals surface area contributed by atoms with Crippen LogP contribution in [-0.4, -0.2) is 29.2 Å². The minimum Gasteiger partial charge on any atom is -0.445 e. The fraction of sp³-hybridized carbons (Fsp3) is 0.900. The van der Waals surface area contributed by atoms with Crippen LogP contribution in [0, 0.1) is 0 Å². The topological polar surface area (TPSA) is 12.2 Å². The largest absolute Gasteiger partial charge is 0.445 e. The van der Waals surface area contributed by atoms with Crippen LogP contribution in [0.2, 0.25) is 0 Å². The van der Waals surface area contributed by atoms with Crippen molar-refractivity contribution in [3.05, 3.63) is 0 Å². The molecule has 1 aliphatic heterocycles. The molecular formula is C10H20NO+. The van der Waals surface area contributed by atoms with Crippen LogP contribution >= 0.6 is 0 Å². The second kappa shape index (κ2) is 3.08. The molecular weight excluding hydrogens is 150 g/mol. The number of hydrogen-bond acceptors (Lipinski definition) is 1. The lowest BCUT2D eigenvalue weighted by molar-refractivity contribution is -0.595. The first kappa shape index (κ1) is 9.56. The Morgan fingerprint density at radius 1 is 1.58 bits per heavy atom. The van der Waals surface area contributed by atoms with Gasteiger partial charge in [0.15, 0.2) is 5.54 Å². The first-order valence-electron chi connectivity index (χ1n) is 4.73. The molecule has 1 aliphatic rings. The Bertz CT molecular complexity index is 206. The van der Waals surface area contributed by atoms with Gasteiger partial charge in [0.1, 0.15) is 13.2 Å². The summed E-state index contributed by atoms with van der Waals surface area (Å²) in [6.07, 6.45) is 2.46. The summed E-state index contributed by atoms with van der Waals surface area (Å²) in [6.45, 7) is 8.81. The lowest BCUT2D eigenvalue weighted by Gasteiger charge is -2.30. The van der Waals surface area contributed by atoms with E-state index >= 15 is 0 Å². The van der Waals surface area contributed by atoms with E-state index in [-0.39, 0.29) is 5.54 Å². The highest BCUT2D eigenvalue weighted by Gasteiger charge is 2.38. The van der Waals surface area contributed by atoms with Gasteiger partial charge in [0.2, 0.25) is 0 Å². The minimum atomic E-state index is 0.253. The number of nitrogens with zero attached hydrogens (tertiary/aromatic N) is 1. The van der Waals surface area contributed by atoms with Gasteiger partial charge < -0.3 is 4.74 Å². The lowest BCUT2D eigenvalue weighted by atomic mass is 9.95. The maximum absolute atomic E-state index is 5.73. The van der Waals surface area contributed by atoms with Crippen molar-refractivity contribution in [3.63, 3.8) is 0 Å². The molecule has 0 bridgehead atoms. The highest BCUT2D eigenvalue weighted by molar-refractivity contribution is 5.71. The zero-order valence-corrected chi connectivity index (χ0v) is 8.85. The molecule has 0 N–H and O–H groups in total. The van der Waals surface area contributed by atoms with Gasteiger partial charge in [0.25, 0.3) is 0 Å². The van der Waals surface area contributed by atoms with Crippen molar-refractivity contribution in [2.24, 2.45) is 0 Å². The standard InChI is InChI=1S/C10H20NO/c1-6-9-11(5)10(3,4)7-8(2)12-9/h8H,6-7H2,1-5H3/q+1/t8-/m1/s1. The molecule has 0 aromatic rings. The van der Waals surface area contributed by atoms with E-state index in [1.54, 1.807) is 0 Å². The summed E-state index contributed by atoms with van der Waals surface area (Å²) in [6, 6.07) is 0. The zero-order chi connectivity index (χ0) is 9.35. The van der Waals surface area contributed by atoms with E-state index < -0.39 is 0 Å². The smallest absolute Gasteiger partial charge is 0.336 e. The van der Waals surface area contributed by atoms with Gasteiger partial charge in [0.05, 0.1) is 6.42 Å². The fourth-order valence-corrected chi connectivity index (χ4v) is 1.85. The predicted molar refractivity (Wildman–Crippen MR) is 50.7 cm³/mol. The van der Waals surface area contributed by atoms with E-state index in [2.05, 4.69) is 39.3 Å². The van der Waals surface area contributed by atoms with E-state index in [4.69, 9.17) is 4.74 Å². The molecule has 1 atom stereocenters. The normalized spacial score (nSPS) is 28.6. The zero-order valence-electron chi connectivity index (χ0n) is 8.85. The summed E-state index contributed by atoms with van der Waals surface area (Å²) in [7, 11) is 2.12. The summed E-state index contributed by atoms with van der Waals surface area (Å²) in [5.41, 5.74) is 0.253. The van der Waals surface area contributed by atoms with Crippen LogP contribution in [-0.2, 0) is 4.74 Å². The molecule has 0 aromatic carbocycles. The van der Waals surface area contributed by atoms with E-state index in [1.165, 1.54) is 0 Å². The molecule has 0 spiro atoms. The van der Waals surface area contributed by atoms with Crippen LogP contribution in [0.1, 0.15) is 40.5 Å². The summed E-state index contributed by atoms with van der Waals surface area (Å²) in [5, 5.41) is 0. The Hall–Kier alpha value is -0.530. The van der Waals surface area contributed by atoms with Crippen molar-refractivity contribution in [1.82, 2.24) is 0 Å². The fourth-order valence-electron chi connectivity index (χ4n) is 1.85. The summed E-state index contributed by atoms with van der Waals surface area (Å²) < 4.78 is 7.98. The summed E-state index contributed by atoms with van der Waals surface area (Å²) in [5.74, 6) is 1.12. The van der Waals surface area contributed by atoms with Gasteiger partial charge in [-0.2, -0.15) is 0 Å². The molecule has 2 nitrogen and oxygen atoms in total. The predicted octanol–water partition coefficient (Wildman–Crippen LogP) is 2.02. The quantitative estimate of drug-likeness (QED) is 0.548. The maximum Gasteiger partial charge on any atom is 0.336 e. The SMILES string of the molecule is CCC1=[N+](C)C(C)(C)C[C@@H](C)O1. The van der Waals surface area contributed by atoms with Crippen molar-refractivity contribution in [2.75, 3.05) is 7.05 Å². The Kier molecular flexibility index (Phi) is 2.45. The molecule has 0 aliphatic carbocycles. The van der Waals surface area contributed by atoms with E-state index in [0.717, 1.165) is 18.7 Å². The Morgan fingerprint density at radius 2 is 2.17 bits per heavy atom. The third-order valence-electron chi connectivity index (χ3n) is 2.71. The van der Waals surface area contributed by atoms with Gasteiger partial charge in [-0.05, 0) is 6.92 Å². The van der Waals surface area contributed by atoms with Gasteiger partial charge in [0, 0.05) is 20.3 Å². The molecule has 0 saturated carbocycles. The van der Waals surface area contributed by atoms with Crippen LogP contribution in [0.4, 0.5) is 0 Å². The van der Waals surface area contributed by atoms with Gasteiger partial charge in [-0.15, -0.1) is 0 Å². The first-order chi connectivity index (χ1) is 5.47. The number of rotatable bonds is 1. The van der Waals surface area contributed by atoms with Crippen LogP contribution in [0.15, 0.2) is 0 Å². The van der Waals surface area contributed by atoms with E-state index in [9.17, 15) is 0 Å². The molecule has 2 heteroatoms. The molecule has 0 amide bonds. The van der Waals surface area contributed by atoms with Crippen molar-refractivity contribution in [2.45, 2.75) is 52.2 Å². The molecule has 70 valence electrons. The number of ether oxygens (including phenoxy) is 1. The highest BCUT2D eigenvalue weighted by atomic mass is 16.5. The lowest BCUT2D eigenvalue weighted by Crippen LogP contribution is -2.46. The molecule has 0 aromatic heterocycles. The molecule has 1 rings (SSSR count). The minimum absolute atomic E-state index is 0.253. The van der Waals surface area contributed by atoms with Crippen LogP contribution in [0.3, 0.4) is 0 Å². The van der Waals surface area contributed by atoms with Gasteiger partial charge in [-0.3, -0.25) is 0 Å². The maximum atomic E-state index is 5.73. The van der Waals surface area contributed by atoms with Crippen LogP contribution < -0.4 is 0 Å². The van der Waals surface area contributed by atoms with Crippen molar-refractivity contribution in [3.8, 4) is 0 Å². The molecule has 0 fully saturated rings.